The van der Waals surface area contributed by atoms with Crippen molar-refractivity contribution in [1.29, 1.82) is 0 Å². The number of halogens is 6. The summed E-state index contributed by atoms with van der Waals surface area (Å²) in [5, 5.41) is 24.6. The summed E-state index contributed by atoms with van der Waals surface area (Å²) in [7, 11) is 0. The van der Waals surface area contributed by atoms with Crippen molar-refractivity contribution in [3.63, 3.8) is 0 Å². The Morgan fingerprint density at radius 1 is 0.568 bits per heavy atom. The van der Waals surface area contributed by atoms with Crippen molar-refractivity contribution >= 4 is 171 Å². The van der Waals surface area contributed by atoms with Crippen LogP contribution in [0.25, 0.3) is 0 Å². The second kappa shape index (κ2) is 16.2. The van der Waals surface area contributed by atoms with E-state index >= 15 is 0 Å². The van der Waals surface area contributed by atoms with Crippen LogP contribution in [-0.2, 0) is 9.59 Å². The zero-order valence-electron chi connectivity index (χ0n) is 18.9. The topological polar surface area (TPSA) is 133 Å². The summed E-state index contributed by atoms with van der Waals surface area (Å²) in [6.07, 6.45) is 4.60. The molecule has 0 radical (unpaired) electrons. The maximum absolute atomic E-state index is 12.4. The number of rotatable bonds is 12. The predicted molar refractivity (Wildman–Crippen MR) is 193 cm³/mol. The van der Waals surface area contributed by atoms with Crippen LogP contribution >= 0.6 is 136 Å². The van der Waals surface area contributed by atoms with Crippen LogP contribution in [0.4, 0.5) is 11.4 Å². The molecular formula is C23H20I6N2O6. The third-order valence-corrected chi connectivity index (χ3v) is 10.7. The maximum Gasteiger partial charge on any atom is 0.337 e. The van der Waals surface area contributed by atoms with E-state index in [0.29, 0.717) is 51.3 Å². The number of nitrogens with one attached hydrogen (secondary N) is 2. The van der Waals surface area contributed by atoms with E-state index in [2.05, 4.69) is 55.8 Å². The van der Waals surface area contributed by atoms with Crippen molar-refractivity contribution in [3.05, 3.63) is 44.7 Å². The minimum Gasteiger partial charge on any atom is -0.478 e. The summed E-state index contributed by atoms with van der Waals surface area (Å²) >= 11 is 12.1. The fourth-order valence-electron chi connectivity index (χ4n) is 3.31. The highest BCUT2D eigenvalue weighted by Crippen LogP contribution is 2.33. The monoisotopic (exact) mass is 1180 g/mol. The number of carboxylic acid groups (broad SMARTS) is 2. The molecule has 0 bridgehead atoms. The lowest BCUT2D eigenvalue weighted by Crippen LogP contribution is -2.16. The van der Waals surface area contributed by atoms with Crippen LogP contribution in [0.3, 0.4) is 0 Å². The minimum atomic E-state index is -1.03. The summed E-state index contributed by atoms with van der Waals surface area (Å²) in [5.41, 5.74) is 1.44. The number of hydrogen-bond acceptors (Lipinski definition) is 4. The first-order chi connectivity index (χ1) is 17.3. The van der Waals surface area contributed by atoms with Gasteiger partial charge in [0.15, 0.2) is 0 Å². The van der Waals surface area contributed by atoms with Crippen LogP contribution in [0.15, 0.2) is 12.1 Å². The third-order valence-electron chi connectivity index (χ3n) is 5.10. The Kier molecular flexibility index (Phi) is 14.9. The van der Waals surface area contributed by atoms with E-state index in [-0.39, 0.29) is 22.9 Å². The van der Waals surface area contributed by atoms with Gasteiger partial charge in [-0.05, 0) is 161 Å². The summed E-state index contributed by atoms with van der Waals surface area (Å²) < 4.78 is 3.86. The number of amides is 2. The van der Waals surface area contributed by atoms with Gasteiger partial charge in [0, 0.05) is 27.1 Å². The zero-order chi connectivity index (χ0) is 27.9. The van der Waals surface area contributed by atoms with Crippen LogP contribution in [0, 0.1) is 21.4 Å². The molecule has 14 heteroatoms. The number of carboxylic acids is 2. The predicted octanol–water partition coefficient (Wildman–Crippen LogP) is 8.02. The molecule has 0 spiro atoms. The number of hydrogen-bond donors (Lipinski definition) is 4. The third kappa shape index (κ3) is 9.93. The van der Waals surface area contributed by atoms with E-state index in [0.717, 1.165) is 26.4 Å². The molecule has 0 saturated heterocycles. The number of benzene rings is 2. The van der Waals surface area contributed by atoms with Gasteiger partial charge in [-0.1, -0.05) is 19.3 Å². The highest BCUT2D eigenvalue weighted by Gasteiger charge is 2.21. The number of carbonyl (C=O) groups excluding carboxylic acids is 2. The molecule has 0 aliphatic carbocycles. The summed E-state index contributed by atoms with van der Waals surface area (Å²) in [4.78, 5) is 47.9. The minimum absolute atomic E-state index is 0.157. The van der Waals surface area contributed by atoms with Crippen molar-refractivity contribution < 1.29 is 29.4 Å². The molecule has 2 aromatic rings. The highest BCUT2D eigenvalue weighted by atomic mass is 127. The first-order valence-corrected chi connectivity index (χ1v) is 17.2. The van der Waals surface area contributed by atoms with E-state index in [1.807, 2.05) is 90.4 Å². The van der Waals surface area contributed by atoms with Crippen molar-refractivity contribution in [3.8, 4) is 0 Å². The smallest absolute Gasteiger partial charge is 0.337 e. The molecule has 2 aromatic carbocycles. The molecule has 0 unspecified atom stereocenters. The molecule has 0 aromatic heterocycles. The summed E-state index contributed by atoms with van der Waals surface area (Å²) in [6.45, 7) is 0. The van der Waals surface area contributed by atoms with Gasteiger partial charge in [0.1, 0.15) is 0 Å². The molecule has 2 amide bonds. The van der Waals surface area contributed by atoms with Crippen LogP contribution in [0.5, 0.6) is 0 Å². The van der Waals surface area contributed by atoms with Crippen LogP contribution in [-0.4, -0.2) is 34.0 Å². The molecule has 37 heavy (non-hydrogen) atoms. The van der Waals surface area contributed by atoms with Crippen molar-refractivity contribution in [2.45, 2.75) is 44.9 Å². The molecule has 8 nitrogen and oxygen atoms in total. The van der Waals surface area contributed by atoms with E-state index in [4.69, 9.17) is 0 Å². The normalized spacial score (nSPS) is 10.8. The summed E-state index contributed by atoms with van der Waals surface area (Å²) in [6, 6.07) is 3.48. The number of unbranched alkanes of at least 4 members (excludes halogenated alkanes) is 4. The SMILES string of the molecule is O=C(CCCCCCCC(=O)Nc1c(I)cc(I)c(C(=O)O)c1I)Nc1c(I)cc(I)c(C(=O)O)c1I. The Bertz CT molecular complexity index is 1140. The first kappa shape index (κ1) is 33.9. The Balaban J connectivity index is 1.75. The molecule has 2 rings (SSSR count). The number of anilines is 2. The van der Waals surface area contributed by atoms with Gasteiger partial charge in [-0.2, -0.15) is 0 Å². The standard InChI is InChI=1S/C23H20I6N2O6/c24-10-8-12(26)20(18(28)16(10)22(34)35)30-14(32)6-4-2-1-3-5-7-15(33)31-21-13(27)9-11(25)17(19(21)29)23(36)37/h8-9H,1-7H2,(H,30,32)(H,31,33)(H,34,35)(H,36,37). The second-order valence-electron chi connectivity index (χ2n) is 7.78. The molecule has 0 heterocycles. The van der Waals surface area contributed by atoms with Gasteiger partial charge in [-0.25, -0.2) is 9.59 Å². The lowest BCUT2D eigenvalue weighted by atomic mass is 10.1. The molecular weight excluding hydrogens is 1160 g/mol. The lowest BCUT2D eigenvalue weighted by molar-refractivity contribution is -0.117. The molecule has 0 aliphatic rings. The fraction of sp³-hybridized carbons (Fsp3) is 0.304. The lowest BCUT2D eigenvalue weighted by Gasteiger charge is -2.13. The van der Waals surface area contributed by atoms with Crippen LogP contribution < -0.4 is 10.6 Å². The van der Waals surface area contributed by atoms with Gasteiger partial charge in [0.25, 0.3) is 0 Å². The summed E-state index contributed by atoms with van der Waals surface area (Å²) in [5.74, 6) is -2.37. The molecule has 0 aliphatic heterocycles. The Morgan fingerprint density at radius 2 is 0.892 bits per heavy atom. The van der Waals surface area contributed by atoms with E-state index < -0.39 is 11.9 Å². The van der Waals surface area contributed by atoms with Crippen LogP contribution in [0.1, 0.15) is 65.7 Å². The first-order valence-electron chi connectivity index (χ1n) is 10.8. The molecule has 0 fully saturated rings. The Morgan fingerprint density at radius 3 is 1.22 bits per heavy atom. The number of aromatic carboxylic acids is 2. The average molecular weight is 1180 g/mol. The van der Waals surface area contributed by atoms with Crippen molar-refractivity contribution in [1.82, 2.24) is 0 Å². The van der Waals surface area contributed by atoms with Crippen molar-refractivity contribution in [2.24, 2.45) is 0 Å². The second-order valence-corrected chi connectivity index (χ2v) is 14.6. The Labute approximate surface area is 295 Å². The molecule has 4 N–H and O–H groups in total. The fourth-order valence-corrected chi connectivity index (χ4v) is 11.5. The van der Waals surface area contributed by atoms with Crippen molar-refractivity contribution in [2.75, 3.05) is 10.6 Å². The van der Waals surface area contributed by atoms with Gasteiger partial charge in [-0.15, -0.1) is 0 Å². The quantitative estimate of drug-likeness (QED) is 0.126. The van der Waals surface area contributed by atoms with Gasteiger partial charge in [-0.3, -0.25) is 9.59 Å². The average Bonchev–Trinajstić information content (AvgIpc) is 2.77. The maximum atomic E-state index is 12.4. The van der Waals surface area contributed by atoms with E-state index in [9.17, 15) is 29.4 Å². The number of carbonyl (C=O) groups is 4. The molecule has 200 valence electrons. The molecule has 0 saturated carbocycles. The van der Waals surface area contributed by atoms with Gasteiger partial charge in [0.05, 0.1) is 29.6 Å². The Hall–Kier alpha value is 0.700. The van der Waals surface area contributed by atoms with Gasteiger partial charge < -0.3 is 20.8 Å². The van der Waals surface area contributed by atoms with Gasteiger partial charge >= 0.3 is 11.9 Å². The van der Waals surface area contributed by atoms with E-state index in [1.165, 1.54) is 0 Å². The highest BCUT2D eigenvalue weighted by molar-refractivity contribution is 14.1. The molecule has 0 atom stereocenters. The van der Waals surface area contributed by atoms with E-state index in [1.54, 1.807) is 12.1 Å². The van der Waals surface area contributed by atoms with Gasteiger partial charge in [0.2, 0.25) is 11.8 Å². The largest absolute Gasteiger partial charge is 0.478 e. The zero-order valence-corrected chi connectivity index (χ0v) is 31.8. The van der Waals surface area contributed by atoms with Crippen LogP contribution in [0.2, 0.25) is 0 Å².